The number of likely N-dealkylation sites (N-methyl/N-ethyl adjacent to an activating group) is 1. The summed E-state index contributed by atoms with van der Waals surface area (Å²) in [5.74, 6) is 0.209. The van der Waals surface area contributed by atoms with Crippen LogP contribution in [0.4, 0.5) is 0 Å². The second-order valence-corrected chi connectivity index (χ2v) is 7.20. The molecule has 0 aliphatic carbocycles. The number of hydrogen-bond donors (Lipinski definition) is 2. The van der Waals surface area contributed by atoms with Gasteiger partial charge in [-0.05, 0) is 20.5 Å². The van der Waals surface area contributed by atoms with Crippen LogP contribution < -0.4 is 10.6 Å². The summed E-state index contributed by atoms with van der Waals surface area (Å²) in [7, 11) is 1.07. The van der Waals surface area contributed by atoms with Crippen LogP contribution in [0.1, 0.15) is 12.8 Å². The van der Waals surface area contributed by atoms with Gasteiger partial charge in [0.2, 0.25) is 5.91 Å². The van der Waals surface area contributed by atoms with E-state index in [9.17, 15) is 13.2 Å². The lowest BCUT2D eigenvalue weighted by atomic mass is 10.2. The van der Waals surface area contributed by atoms with Crippen molar-refractivity contribution in [1.29, 1.82) is 0 Å². The molecule has 1 aliphatic heterocycles. The first-order valence-electron chi connectivity index (χ1n) is 6.24. The van der Waals surface area contributed by atoms with Crippen LogP contribution in [-0.2, 0) is 14.6 Å². The quantitative estimate of drug-likeness (QED) is 0.573. The molecule has 0 aromatic heterocycles. The minimum Gasteiger partial charge on any atom is -0.352 e. The summed E-state index contributed by atoms with van der Waals surface area (Å²) < 4.78 is 22.4. The zero-order chi connectivity index (χ0) is 13.6. The molecule has 18 heavy (non-hydrogen) atoms. The molecule has 1 atom stereocenters. The molecule has 1 aliphatic rings. The third-order valence-electron chi connectivity index (χ3n) is 2.86. The predicted molar refractivity (Wildman–Crippen MR) is 71.2 cm³/mol. The van der Waals surface area contributed by atoms with E-state index in [1.807, 2.05) is 14.1 Å². The van der Waals surface area contributed by atoms with Gasteiger partial charge in [-0.2, -0.15) is 0 Å². The first kappa shape index (κ1) is 15.4. The first-order chi connectivity index (χ1) is 8.39. The Morgan fingerprint density at radius 1 is 1.33 bits per heavy atom. The van der Waals surface area contributed by atoms with E-state index in [2.05, 4.69) is 15.5 Å². The topological polar surface area (TPSA) is 78.5 Å². The van der Waals surface area contributed by atoms with Crippen LogP contribution in [0.15, 0.2) is 0 Å². The van der Waals surface area contributed by atoms with Gasteiger partial charge < -0.3 is 15.5 Å². The van der Waals surface area contributed by atoms with Crippen LogP contribution in [-0.4, -0.2) is 70.5 Å². The Morgan fingerprint density at radius 2 is 2.06 bits per heavy atom. The summed E-state index contributed by atoms with van der Waals surface area (Å²) in [6, 6.07) is -0.190. The van der Waals surface area contributed by atoms with E-state index >= 15 is 0 Å². The minimum atomic E-state index is -2.92. The standard InChI is InChI=1S/C11H23N3O3S/c1-14(2)7-6-12-5-3-11(15)13-10-4-8-18(16,17)9-10/h10,12H,3-9H2,1-2H3,(H,13,15). The molecule has 1 rings (SSSR count). The SMILES string of the molecule is CN(C)CCNCCC(=O)NC1CCS(=O)(=O)C1. The third-order valence-corrected chi connectivity index (χ3v) is 4.63. The minimum absolute atomic E-state index is 0.0746. The van der Waals surface area contributed by atoms with Crippen molar-refractivity contribution in [1.82, 2.24) is 15.5 Å². The third kappa shape index (κ3) is 6.32. The van der Waals surface area contributed by atoms with Crippen molar-refractivity contribution in [3.63, 3.8) is 0 Å². The van der Waals surface area contributed by atoms with Crippen LogP contribution in [0.25, 0.3) is 0 Å². The van der Waals surface area contributed by atoms with E-state index in [-0.39, 0.29) is 23.5 Å². The normalized spacial score (nSPS) is 22.3. The Hall–Kier alpha value is -0.660. The van der Waals surface area contributed by atoms with Gasteiger partial charge in [-0.3, -0.25) is 4.79 Å². The molecule has 1 amide bonds. The summed E-state index contributed by atoms with van der Waals surface area (Å²) >= 11 is 0. The Labute approximate surface area is 109 Å². The second kappa shape index (κ2) is 7.06. The second-order valence-electron chi connectivity index (χ2n) is 4.97. The Morgan fingerprint density at radius 3 is 2.61 bits per heavy atom. The molecule has 1 unspecified atom stereocenters. The van der Waals surface area contributed by atoms with E-state index in [0.717, 1.165) is 13.1 Å². The van der Waals surface area contributed by atoms with E-state index in [1.165, 1.54) is 0 Å². The Bertz CT molecular complexity index is 368. The molecule has 0 aromatic carbocycles. The summed E-state index contributed by atoms with van der Waals surface area (Å²) in [5, 5.41) is 5.93. The van der Waals surface area contributed by atoms with Crippen molar-refractivity contribution in [3.8, 4) is 0 Å². The van der Waals surface area contributed by atoms with Gasteiger partial charge in [0.05, 0.1) is 11.5 Å². The number of carbonyl (C=O) groups excluding carboxylic acids is 1. The highest BCUT2D eigenvalue weighted by Crippen LogP contribution is 2.11. The van der Waals surface area contributed by atoms with E-state index in [4.69, 9.17) is 0 Å². The molecule has 2 N–H and O–H groups in total. The molecule has 6 nitrogen and oxygen atoms in total. The molecule has 106 valence electrons. The number of sulfone groups is 1. The summed E-state index contributed by atoms with van der Waals surface area (Å²) in [5.41, 5.74) is 0. The molecule has 0 spiro atoms. The van der Waals surface area contributed by atoms with Crippen LogP contribution in [0.2, 0.25) is 0 Å². The molecule has 7 heteroatoms. The molecule has 0 saturated carbocycles. The maximum Gasteiger partial charge on any atom is 0.221 e. The van der Waals surface area contributed by atoms with Crippen LogP contribution in [0.5, 0.6) is 0 Å². The smallest absolute Gasteiger partial charge is 0.221 e. The fraction of sp³-hybridized carbons (Fsp3) is 0.909. The van der Waals surface area contributed by atoms with Crippen LogP contribution in [0.3, 0.4) is 0 Å². The Kier molecular flexibility index (Phi) is 6.04. The number of carbonyl (C=O) groups is 1. The molecule has 1 heterocycles. The Balaban J connectivity index is 2.08. The van der Waals surface area contributed by atoms with Gasteiger partial charge in [-0.15, -0.1) is 0 Å². The highest BCUT2D eigenvalue weighted by atomic mass is 32.2. The summed E-state index contributed by atoms with van der Waals surface area (Å²) in [4.78, 5) is 13.6. The molecule has 1 saturated heterocycles. The van der Waals surface area contributed by atoms with Gasteiger partial charge in [0.1, 0.15) is 0 Å². The van der Waals surface area contributed by atoms with E-state index in [0.29, 0.717) is 19.4 Å². The van der Waals surface area contributed by atoms with Crippen molar-refractivity contribution < 1.29 is 13.2 Å². The zero-order valence-corrected chi connectivity index (χ0v) is 11.9. The van der Waals surface area contributed by atoms with Crippen molar-refractivity contribution in [2.75, 3.05) is 45.2 Å². The lowest BCUT2D eigenvalue weighted by Crippen LogP contribution is -2.37. The average Bonchev–Trinajstić information content (AvgIpc) is 2.57. The van der Waals surface area contributed by atoms with Crippen molar-refractivity contribution in [2.45, 2.75) is 18.9 Å². The maximum atomic E-state index is 11.6. The van der Waals surface area contributed by atoms with Gasteiger partial charge in [0.25, 0.3) is 0 Å². The van der Waals surface area contributed by atoms with E-state index in [1.54, 1.807) is 0 Å². The number of amides is 1. The highest BCUT2D eigenvalue weighted by Gasteiger charge is 2.28. The fourth-order valence-corrected chi connectivity index (χ4v) is 3.51. The largest absolute Gasteiger partial charge is 0.352 e. The molecular weight excluding hydrogens is 254 g/mol. The maximum absolute atomic E-state index is 11.6. The lowest BCUT2D eigenvalue weighted by molar-refractivity contribution is -0.121. The van der Waals surface area contributed by atoms with Crippen molar-refractivity contribution in [3.05, 3.63) is 0 Å². The predicted octanol–water partition coefficient (Wildman–Crippen LogP) is -1.17. The first-order valence-corrected chi connectivity index (χ1v) is 8.06. The molecule has 0 bridgehead atoms. The number of nitrogens with zero attached hydrogens (tertiary/aromatic N) is 1. The summed E-state index contributed by atoms with van der Waals surface area (Å²) in [6.07, 6.45) is 0.937. The monoisotopic (exact) mass is 277 g/mol. The molecular formula is C11H23N3O3S. The van der Waals surface area contributed by atoms with Gasteiger partial charge in [0, 0.05) is 32.1 Å². The van der Waals surface area contributed by atoms with Gasteiger partial charge in [-0.1, -0.05) is 0 Å². The molecule has 0 radical (unpaired) electrons. The number of nitrogens with one attached hydrogen (secondary N) is 2. The molecule has 0 aromatic rings. The van der Waals surface area contributed by atoms with Gasteiger partial charge >= 0.3 is 0 Å². The fourth-order valence-electron chi connectivity index (χ4n) is 1.84. The lowest BCUT2D eigenvalue weighted by Gasteiger charge is -2.12. The van der Waals surface area contributed by atoms with E-state index < -0.39 is 9.84 Å². The number of rotatable bonds is 7. The van der Waals surface area contributed by atoms with Crippen molar-refractivity contribution >= 4 is 15.7 Å². The summed E-state index contributed by atoms with van der Waals surface area (Å²) in [6.45, 7) is 2.40. The molecule has 1 fully saturated rings. The highest BCUT2D eigenvalue weighted by molar-refractivity contribution is 7.91. The van der Waals surface area contributed by atoms with Crippen LogP contribution >= 0.6 is 0 Å². The van der Waals surface area contributed by atoms with Crippen LogP contribution in [0, 0.1) is 0 Å². The zero-order valence-electron chi connectivity index (χ0n) is 11.1. The number of hydrogen-bond acceptors (Lipinski definition) is 5. The van der Waals surface area contributed by atoms with Gasteiger partial charge in [0.15, 0.2) is 9.84 Å². The van der Waals surface area contributed by atoms with Crippen molar-refractivity contribution in [2.24, 2.45) is 0 Å². The van der Waals surface area contributed by atoms with Gasteiger partial charge in [-0.25, -0.2) is 8.42 Å². The average molecular weight is 277 g/mol.